The highest BCUT2D eigenvalue weighted by Crippen LogP contribution is 2.27. The fourth-order valence-electron chi connectivity index (χ4n) is 3.65. The van der Waals surface area contributed by atoms with E-state index in [0.717, 1.165) is 4.88 Å². The number of carbonyl (C=O) groups excluding carboxylic acids is 1. The minimum absolute atomic E-state index is 0.00567. The molecule has 1 fully saturated rings. The predicted octanol–water partition coefficient (Wildman–Crippen LogP) is 4.37. The van der Waals surface area contributed by atoms with E-state index in [1.54, 1.807) is 28.0 Å². The summed E-state index contributed by atoms with van der Waals surface area (Å²) in [6.07, 6.45) is 0. The van der Waals surface area contributed by atoms with Gasteiger partial charge >= 0.3 is 0 Å². The van der Waals surface area contributed by atoms with Gasteiger partial charge in [-0.2, -0.15) is 5.10 Å². The molecule has 0 radical (unpaired) electrons. The molecule has 1 N–H and O–H groups in total. The number of amides is 1. The SMILES string of the molecule is CC(C(=O)N1CCN(Cc2c(F)cccc2Cl)CC1)n1c(-c2cccs2)n[nH]c1=S. The van der Waals surface area contributed by atoms with Crippen molar-refractivity contribution in [3.8, 4) is 10.7 Å². The molecule has 1 atom stereocenters. The van der Waals surface area contributed by atoms with Crippen LogP contribution in [-0.2, 0) is 11.3 Å². The number of H-pyrrole nitrogens is 1. The molecule has 1 aliphatic heterocycles. The molecule has 0 aliphatic carbocycles. The van der Waals surface area contributed by atoms with Gasteiger partial charge in [-0.15, -0.1) is 11.3 Å². The molecule has 0 spiro atoms. The molecule has 10 heteroatoms. The summed E-state index contributed by atoms with van der Waals surface area (Å²) in [7, 11) is 0. The number of benzene rings is 1. The molecule has 1 unspecified atom stereocenters. The van der Waals surface area contributed by atoms with Crippen molar-refractivity contribution in [1.29, 1.82) is 0 Å². The van der Waals surface area contributed by atoms with Crippen LogP contribution in [0.15, 0.2) is 35.7 Å². The van der Waals surface area contributed by atoms with Gasteiger partial charge in [-0.3, -0.25) is 19.4 Å². The Morgan fingerprint density at radius 2 is 2.07 bits per heavy atom. The quantitative estimate of drug-likeness (QED) is 0.568. The first-order chi connectivity index (χ1) is 14.5. The summed E-state index contributed by atoms with van der Waals surface area (Å²) < 4.78 is 16.3. The molecular formula is C20H21ClFN5OS2. The number of piperazine rings is 1. The van der Waals surface area contributed by atoms with Gasteiger partial charge in [-0.05, 0) is 42.7 Å². The Balaban J connectivity index is 1.43. The number of aromatic amines is 1. The summed E-state index contributed by atoms with van der Waals surface area (Å²) in [6, 6.07) is 8.14. The van der Waals surface area contributed by atoms with E-state index in [1.807, 2.05) is 29.3 Å². The van der Waals surface area contributed by atoms with Crippen LogP contribution in [0.1, 0.15) is 18.5 Å². The molecule has 2 aromatic heterocycles. The van der Waals surface area contributed by atoms with Crippen molar-refractivity contribution < 1.29 is 9.18 Å². The first-order valence-electron chi connectivity index (χ1n) is 9.60. The smallest absolute Gasteiger partial charge is 0.245 e. The second-order valence-electron chi connectivity index (χ2n) is 7.18. The van der Waals surface area contributed by atoms with Crippen LogP contribution in [0.4, 0.5) is 4.39 Å². The van der Waals surface area contributed by atoms with Crippen LogP contribution >= 0.6 is 35.2 Å². The third-order valence-electron chi connectivity index (χ3n) is 5.32. The van der Waals surface area contributed by atoms with Gasteiger partial charge in [-0.25, -0.2) is 4.39 Å². The minimum atomic E-state index is -0.471. The van der Waals surface area contributed by atoms with E-state index >= 15 is 0 Å². The van der Waals surface area contributed by atoms with Crippen molar-refractivity contribution in [2.24, 2.45) is 0 Å². The Kier molecular flexibility index (Phi) is 6.33. The fourth-order valence-corrected chi connectivity index (χ4v) is 4.87. The summed E-state index contributed by atoms with van der Waals surface area (Å²) >= 11 is 13.1. The number of nitrogens with one attached hydrogen (secondary N) is 1. The van der Waals surface area contributed by atoms with Gasteiger partial charge < -0.3 is 4.90 Å². The van der Waals surface area contributed by atoms with Crippen LogP contribution in [0.2, 0.25) is 5.02 Å². The highest BCUT2D eigenvalue weighted by molar-refractivity contribution is 7.71. The minimum Gasteiger partial charge on any atom is -0.338 e. The number of aromatic nitrogens is 3. The molecule has 30 heavy (non-hydrogen) atoms. The number of rotatable bonds is 5. The lowest BCUT2D eigenvalue weighted by Crippen LogP contribution is -2.50. The monoisotopic (exact) mass is 465 g/mol. The van der Waals surface area contributed by atoms with Crippen molar-refractivity contribution >= 4 is 41.1 Å². The Bertz CT molecular complexity index is 1070. The first-order valence-corrected chi connectivity index (χ1v) is 11.3. The van der Waals surface area contributed by atoms with E-state index in [2.05, 4.69) is 15.1 Å². The van der Waals surface area contributed by atoms with Gasteiger partial charge in [-0.1, -0.05) is 23.7 Å². The highest BCUT2D eigenvalue weighted by Gasteiger charge is 2.28. The van der Waals surface area contributed by atoms with E-state index in [-0.39, 0.29) is 11.7 Å². The molecule has 158 valence electrons. The maximum Gasteiger partial charge on any atom is 0.245 e. The molecule has 1 aliphatic rings. The van der Waals surface area contributed by atoms with E-state index < -0.39 is 6.04 Å². The Hall–Kier alpha value is -2.07. The summed E-state index contributed by atoms with van der Waals surface area (Å²) in [5.41, 5.74) is 0.498. The van der Waals surface area contributed by atoms with Crippen molar-refractivity contribution in [1.82, 2.24) is 24.6 Å². The fraction of sp³-hybridized carbons (Fsp3) is 0.350. The van der Waals surface area contributed by atoms with Gasteiger partial charge in [0.15, 0.2) is 10.6 Å². The van der Waals surface area contributed by atoms with E-state index in [4.69, 9.17) is 23.8 Å². The summed E-state index contributed by atoms with van der Waals surface area (Å²) in [5.74, 6) is 0.364. The third kappa shape index (κ3) is 4.20. The number of carbonyl (C=O) groups is 1. The lowest BCUT2D eigenvalue weighted by molar-refractivity contribution is -0.136. The maximum atomic E-state index is 14.1. The highest BCUT2D eigenvalue weighted by atomic mass is 35.5. The van der Waals surface area contributed by atoms with E-state index in [1.165, 1.54) is 6.07 Å². The molecule has 6 nitrogen and oxygen atoms in total. The normalized spacial score (nSPS) is 16.0. The second-order valence-corrected chi connectivity index (χ2v) is 8.92. The number of halogens is 2. The van der Waals surface area contributed by atoms with E-state index in [0.29, 0.717) is 53.9 Å². The van der Waals surface area contributed by atoms with Gasteiger partial charge in [0, 0.05) is 43.3 Å². The average Bonchev–Trinajstić information content (AvgIpc) is 3.40. The number of hydrogen-bond donors (Lipinski definition) is 1. The standard InChI is InChI=1S/C20H21ClFN5OS2/c1-13(27-18(23-24-20(27)29)17-6-3-11-30-17)19(28)26-9-7-25(8-10-26)12-14-15(21)4-2-5-16(14)22/h2-6,11,13H,7-10,12H2,1H3,(H,24,29). The first kappa shape index (κ1) is 21.2. The zero-order valence-electron chi connectivity index (χ0n) is 16.3. The van der Waals surface area contributed by atoms with Gasteiger partial charge in [0.05, 0.1) is 4.88 Å². The van der Waals surface area contributed by atoms with Crippen LogP contribution in [-0.4, -0.2) is 56.7 Å². The van der Waals surface area contributed by atoms with Crippen LogP contribution in [0.5, 0.6) is 0 Å². The van der Waals surface area contributed by atoms with Crippen molar-refractivity contribution in [2.75, 3.05) is 26.2 Å². The average molecular weight is 466 g/mol. The van der Waals surface area contributed by atoms with Crippen molar-refractivity contribution in [2.45, 2.75) is 19.5 Å². The maximum absolute atomic E-state index is 14.1. The van der Waals surface area contributed by atoms with Gasteiger partial charge in [0.2, 0.25) is 5.91 Å². The summed E-state index contributed by atoms with van der Waals surface area (Å²) in [4.78, 5) is 18.1. The zero-order valence-corrected chi connectivity index (χ0v) is 18.7. The topological polar surface area (TPSA) is 57.2 Å². The Morgan fingerprint density at radius 1 is 1.30 bits per heavy atom. The summed E-state index contributed by atoms with van der Waals surface area (Å²) in [6.45, 7) is 4.70. The van der Waals surface area contributed by atoms with E-state index in [9.17, 15) is 9.18 Å². The molecule has 4 rings (SSSR count). The number of hydrogen-bond acceptors (Lipinski definition) is 5. The second kappa shape index (κ2) is 8.97. The molecule has 3 heterocycles. The largest absolute Gasteiger partial charge is 0.338 e. The van der Waals surface area contributed by atoms with Gasteiger partial charge in [0.1, 0.15) is 11.9 Å². The zero-order chi connectivity index (χ0) is 21.3. The van der Waals surface area contributed by atoms with Crippen LogP contribution in [0.3, 0.4) is 0 Å². The van der Waals surface area contributed by atoms with Crippen LogP contribution in [0, 0.1) is 10.6 Å². The van der Waals surface area contributed by atoms with Crippen LogP contribution in [0.25, 0.3) is 10.7 Å². The van der Waals surface area contributed by atoms with Crippen LogP contribution < -0.4 is 0 Å². The molecule has 0 saturated carbocycles. The molecule has 1 saturated heterocycles. The lowest BCUT2D eigenvalue weighted by Gasteiger charge is -2.36. The number of nitrogens with zero attached hydrogens (tertiary/aromatic N) is 4. The molecule has 0 bridgehead atoms. The molecular weight excluding hydrogens is 445 g/mol. The Morgan fingerprint density at radius 3 is 2.73 bits per heavy atom. The van der Waals surface area contributed by atoms with Crippen molar-refractivity contribution in [3.63, 3.8) is 0 Å². The van der Waals surface area contributed by atoms with Crippen molar-refractivity contribution in [3.05, 3.63) is 56.9 Å². The molecule has 1 amide bonds. The van der Waals surface area contributed by atoms with Gasteiger partial charge in [0.25, 0.3) is 0 Å². The number of thiophene rings is 1. The Labute approximate surface area is 187 Å². The summed E-state index contributed by atoms with van der Waals surface area (Å²) in [5, 5.41) is 9.51. The molecule has 3 aromatic rings. The lowest BCUT2D eigenvalue weighted by atomic mass is 10.1. The predicted molar refractivity (Wildman–Crippen MR) is 119 cm³/mol. The third-order valence-corrected chi connectivity index (χ3v) is 6.83. The molecule has 1 aromatic carbocycles.